The van der Waals surface area contributed by atoms with E-state index in [0.29, 0.717) is 29.9 Å². The average molecular weight is 392 g/mol. The third-order valence-corrected chi connectivity index (χ3v) is 5.40. The van der Waals surface area contributed by atoms with Crippen LogP contribution in [0.25, 0.3) is 0 Å². The third kappa shape index (κ3) is 5.83. The molecule has 0 saturated carbocycles. The minimum absolute atomic E-state index is 0.0445. The van der Waals surface area contributed by atoms with E-state index in [1.165, 1.54) is 6.20 Å². The first kappa shape index (κ1) is 19.4. The largest absolute Gasteiger partial charge is 0.340 e. The van der Waals surface area contributed by atoms with Crippen molar-refractivity contribution in [2.45, 2.75) is 12.8 Å². The van der Waals surface area contributed by atoms with Crippen LogP contribution >= 0.6 is 0 Å². The number of benzene rings is 2. The predicted molar refractivity (Wildman–Crippen MR) is 111 cm³/mol. The molecule has 3 aromatic rings. The molecule has 0 spiro atoms. The van der Waals surface area contributed by atoms with E-state index in [1.807, 2.05) is 36.4 Å². The highest BCUT2D eigenvalue weighted by atomic mass is 32.2. The van der Waals surface area contributed by atoms with Crippen LogP contribution in [-0.4, -0.2) is 19.2 Å². The van der Waals surface area contributed by atoms with Crippen LogP contribution < -0.4 is 10.0 Å². The van der Waals surface area contributed by atoms with Crippen molar-refractivity contribution in [3.63, 3.8) is 0 Å². The van der Waals surface area contributed by atoms with Crippen LogP contribution in [0.5, 0.6) is 0 Å². The summed E-state index contributed by atoms with van der Waals surface area (Å²) in [5, 5.41) is 12.0. The molecule has 0 saturated heterocycles. The first-order valence-corrected chi connectivity index (χ1v) is 10.5. The zero-order valence-corrected chi connectivity index (χ0v) is 16.0. The highest BCUT2D eigenvalue weighted by Gasteiger charge is 2.10. The van der Waals surface area contributed by atoms with E-state index in [9.17, 15) is 8.42 Å². The summed E-state index contributed by atoms with van der Waals surface area (Å²) in [4.78, 5) is 4.22. The number of nitriles is 1. The van der Waals surface area contributed by atoms with Crippen molar-refractivity contribution in [1.29, 1.82) is 5.26 Å². The molecule has 1 heterocycles. The summed E-state index contributed by atoms with van der Waals surface area (Å²) in [7, 11) is -3.43. The molecule has 0 aliphatic carbocycles. The third-order valence-electron chi connectivity index (χ3n) is 4.02. The summed E-state index contributed by atoms with van der Waals surface area (Å²) in [6.45, 7) is 0. The summed E-state index contributed by atoms with van der Waals surface area (Å²) < 4.78 is 27.1. The number of sulfonamides is 1. The van der Waals surface area contributed by atoms with E-state index in [2.05, 4.69) is 21.1 Å². The van der Waals surface area contributed by atoms with Crippen molar-refractivity contribution in [3.8, 4) is 6.07 Å². The molecule has 6 nitrogen and oxygen atoms in total. The maximum Gasteiger partial charge on any atom is 0.232 e. The number of nitrogens with one attached hydrogen (secondary N) is 2. The van der Waals surface area contributed by atoms with Crippen LogP contribution in [0.2, 0.25) is 0 Å². The fraction of sp³-hybridized carbons (Fsp3) is 0.143. The standard InChI is InChI=1S/C21H20N4O2S/c22-15-18-8-4-10-19(14-18)24-21-12-11-20(16-23-21)25-28(26,27)13-5-9-17-6-2-1-3-7-17/h1-4,6-8,10-12,14,16,25H,5,9,13H2,(H,23,24). The lowest BCUT2D eigenvalue weighted by Gasteiger charge is -2.09. The second-order valence-electron chi connectivity index (χ2n) is 6.26. The lowest BCUT2D eigenvalue weighted by atomic mass is 10.1. The Morgan fingerprint density at radius 1 is 0.964 bits per heavy atom. The van der Waals surface area contributed by atoms with Crippen LogP contribution in [-0.2, 0) is 16.4 Å². The van der Waals surface area contributed by atoms with Gasteiger partial charge in [-0.2, -0.15) is 5.26 Å². The average Bonchev–Trinajstić information content (AvgIpc) is 2.70. The Hall–Kier alpha value is -3.37. The Bertz CT molecular complexity index is 1060. The van der Waals surface area contributed by atoms with Gasteiger partial charge in [0.1, 0.15) is 5.82 Å². The minimum atomic E-state index is -3.43. The van der Waals surface area contributed by atoms with Crippen LogP contribution in [0.15, 0.2) is 72.9 Å². The van der Waals surface area contributed by atoms with Gasteiger partial charge < -0.3 is 5.32 Å². The first-order chi connectivity index (χ1) is 13.5. The van der Waals surface area contributed by atoms with Gasteiger partial charge in [0, 0.05) is 5.69 Å². The van der Waals surface area contributed by atoms with E-state index in [4.69, 9.17) is 5.26 Å². The molecular formula is C21H20N4O2S. The molecule has 0 aliphatic heterocycles. The molecule has 0 atom stereocenters. The molecule has 2 aromatic carbocycles. The summed E-state index contributed by atoms with van der Waals surface area (Å²) in [6.07, 6.45) is 2.72. The molecule has 2 N–H and O–H groups in total. The van der Waals surface area contributed by atoms with E-state index in [-0.39, 0.29) is 5.75 Å². The monoisotopic (exact) mass is 392 g/mol. The smallest absolute Gasteiger partial charge is 0.232 e. The number of rotatable bonds is 8. The lowest BCUT2D eigenvalue weighted by molar-refractivity contribution is 0.598. The molecule has 0 radical (unpaired) electrons. The van der Waals surface area contributed by atoms with Crippen LogP contribution in [0.4, 0.5) is 17.2 Å². The molecule has 3 rings (SSSR count). The van der Waals surface area contributed by atoms with E-state index in [1.54, 1.807) is 30.3 Å². The van der Waals surface area contributed by atoms with Gasteiger partial charge >= 0.3 is 0 Å². The molecular weight excluding hydrogens is 372 g/mol. The maximum absolute atomic E-state index is 12.3. The van der Waals surface area contributed by atoms with Gasteiger partial charge in [0.15, 0.2) is 0 Å². The lowest BCUT2D eigenvalue weighted by Crippen LogP contribution is -2.17. The highest BCUT2D eigenvalue weighted by molar-refractivity contribution is 7.92. The van der Waals surface area contributed by atoms with Gasteiger partial charge in [0.05, 0.1) is 29.3 Å². The summed E-state index contributed by atoms with van der Waals surface area (Å²) in [6, 6.07) is 22.2. The first-order valence-electron chi connectivity index (χ1n) is 8.82. The molecule has 7 heteroatoms. The number of anilines is 3. The number of aryl methyl sites for hydroxylation is 1. The van der Waals surface area contributed by atoms with Gasteiger partial charge in [-0.15, -0.1) is 0 Å². The molecule has 142 valence electrons. The Kier molecular flexibility index (Phi) is 6.25. The van der Waals surface area contributed by atoms with Gasteiger partial charge in [-0.05, 0) is 48.7 Å². The summed E-state index contributed by atoms with van der Waals surface area (Å²) >= 11 is 0. The zero-order chi connectivity index (χ0) is 19.8. The Morgan fingerprint density at radius 3 is 2.50 bits per heavy atom. The van der Waals surface area contributed by atoms with E-state index < -0.39 is 10.0 Å². The molecule has 0 fully saturated rings. The number of aromatic nitrogens is 1. The minimum Gasteiger partial charge on any atom is -0.340 e. The molecule has 0 amide bonds. The van der Waals surface area contributed by atoms with E-state index >= 15 is 0 Å². The SMILES string of the molecule is N#Cc1cccc(Nc2ccc(NS(=O)(=O)CCCc3ccccc3)cn2)c1. The van der Waals surface area contributed by atoms with Gasteiger partial charge in [-0.3, -0.25) is 4.72 Å². The van der Waals surface area contributed by atoms with Crippen molar-refractivity contribution < 1.29 is 8.42 Å². The van der Waals surface area contributed by atoms with Gasteiger partial charge in [-0.1, -0.05) is 36.4 Å². The van der Waals surface area contributed by atoms with Crippen molar-refractivity contribution in [2.24, 2.45) is 0 Å². The molecule has 0 unspecified atom stereocenters. The number of nitrogens with zero attached hydrogens (tertiary/aromatic N) is 2. The fourth-order valence-corrected chi connectivity index (χ4v) is 3.79. The Balaban J connectivity index is 1.54. The second-order valence-corrected chi connectivity index (χ2v) is 8.10. The topological polar surface area (TPSA) is 94.9 Å². The van der Waals surface area contributed by atoms with Crippen molar-refractivity contribution in [3.05, 3.63) is 84.1 Å². The quantitative estimate of drug-likeness (QED) is 0.602. The summed E-state index contributed by atoms with van der Waals surface area (Å²) in [5.41, 5.74) is 2.82. The second kappa shape index (κ2) is 9.02. The van der Waals surface area contributed by atoms with Gasteiger partial charge in [0.25, 0.3) is 0 Å². The zero-order valence-electron chi connectivity index (χ0n) is 15.2. The van der Waals surface area contributed by atoms with Gasteiger partial charge in [-0.25, -0.2) is 13.4 Å². The molecule has 1 aromatic heterocycles. The van der Waals surface area contributed by atoms with Gasteiger partial charge in [0.2, 0.25) is 10.0 Å². The van der Waals surface area contributed by atoms with E-state index in [0.717, 1.165) is 11.3 Å². The number of hydrogen-bond acceptors (Lipinski definition) is 5. The van der Waals surface area contributed by atoms with Crippen molar-refractivity contribution >= 4 is 27.2 Å². The molecule has 0 bridgehead atoms. The normalized spacial score (nSPS) is 10.8. The molecule has 28 heavy (non-hydrogen) atoms. The summed E-state index contributed by atoms with van der Waals surface area (Å²) in [5.74, 6) is 0.602. The molecule has 0 aliphatic rings. The predicted octanol–water partition coefficient (Wildman–Crippen LogP) is 4.07. The van der Waals surface area contributed by atoms with Crippen molar-refractivity contribution in [2.75, 3.05) is 15.8 Å². The highest BCUT2D eigenvalue weighted by Crippen LogP contribution is 2.18. The van der Waals surface area contributed by atoms with Crippen LogP contribution in [0.3, 0.4) is 0 Å². The fourth-order valence-electron chi connectivity index (χ4n) is 2.68. The maximum atomic E-state index is 12.3. The van der Waals surface area contributed by atoms with Crippen molar-refractivity contribution in [1.82, 2.24) is 4.98 Å². The van der Waals surface area contributed by atoms with Crippen LogP contribution in [0.1, 0.15) is 17.5 Å². The number of pyridine rings is 1. The Labute approximate surface area is 164 Å². The Morgan fingerprint density at radius 2 is 1.79 bits per heavy atom. The number of hydrogen-bond donors (Lipinski definition) is 2. The van der Waals surface area contributed by atoms with Crippen LogP contribution in [0, 0.1) is 11.3 Å².